The Balaban J connectivity index is 2.04. The number of benzene rings is 1. The van der Waals surface area contributed by atoms with Gasteiger partial charge >= 0.3 is 7.75 Å². The van der Waals surface area contributed by atoms with E-state index in [1.165, 1.54) is 12.2 Å². The van der Waals surface area contributed by atoms with Crippen LogP contribution in [0.3, 0.4) is 0 Å². The summed E-state index contributed by atoms with van der Waals surface area (Å²) in [6.45, 7) is 0. The van der Waals surface area contributed by atoms with Crippen molar-refractivity contribution in [3.63, 3.8) is 0 Å². The summed E-state index contributed by atoms with van der Waals surface area (Å²) >= 11 is 0. The van der Waals surface area contributed by atoms with Crippen LogP contribution in [-0.2, 0) is 11.0 Å². The molecule has 0 heterocycles. The van der Waals surface area contributed by atoms with Gasteiger partial charge < -0.3 is 20.0 Å². The van der Waals surface area contributed by atoms with Gasteiger partial charge in [-0.05, 0) is 54.7 Å². The van der Waals surface area contributed by atoms with Crippen LogP contribution in [0.25, 0.3) is 0 Å². The monoisotopic (exact) mass is 323 g/mol. The first kappa shape index (κ1) is 16.5. The molecule has 0 unspecified atom stereocenters. The molecule has 1 aliphatic rings. The molecule has 1 aromatic carbocycles. The number of aliphatic hydroxyl groups is 1. The summed E-state index contributed by atoms with van der Waals surface area (Å²) in [5.41, 5.74) is 1.91. The molecule has 1 aromatic rings. The largest absolute Gasteiger partial charge is 0.508 e. The van der Waals surface area contributed by atoms with Crippen LogP contribution in [-0.4, -0.2) is 25.7 Å². The second-order valence-electron chi connectivity index (χ2n) is 5.09. The van der Waals surface area contributed by atoms with Gasteiger partial charge in [0.2, 0.25) is 0 Å². The number of hydrogen-bond acceptors (Lipinski definition) is 3. The molecular weight excluding hydrogens is 305 g/mol. The predicted molar refractivity (Wildman–Crippen MR) is 83.9 cm³/mol. The van der Waals surface area contributed by atoms with Gasteiger partial charge in [-0.15, -0.1) is 0 Å². The Morgan fingerprint density at radius 2 is 1.95 bits per heavy atom. The van der Waals surface area contributed by atoms with E-state index in [0.29, 0.717) is 30.5 Å². The highest BCUT2D eigenvalue weighted by Gasteiger charge is 2.18. The van der Waals surface area contributed by atoms with Crippen molar-refractivity contribution in [2.45, 2.75) is 25.7 Å². The fraction of sp³-hybridized carbons (Fsp3) is 0.267. The molecule has 0 amide bonds. The van der Waals surface area contributed by atoms with Crippen molar-refractivity contribution in [1.82, 2.24) is 0 Å². The molecule has 0 aromatic heterocycles. The maximum atomic E-state index is 11.0. The van der Waals surface area contributed by atoms with E-state index in [1.54, 1.807) is 18.2 Å². The second kappa shape index (κ2) is 6.92. The zero-order chi connectivity index (χ0) is 16.2. The van der Waals surface area contributed by atoms with Gasteiger partial charge in [0.25, 0.3) is 0 Å². The number of hydrogen-bond donors (Lipinski definition) is 4. The lowest BCUT2D eigenvalue weighted by molar-refractivity contribution is 0.375. The van der Waals surface area contributed by atoms with Crippen molar-refractivity contribution in [3.05, 3.63) is 53.3 Å². The van der Waals surface area contributed by atoms with Crippen LogP contribution in [0.4, 0.5) is 0 Å². The molecular formula is C15H18NO5P. The SMILES string of the molecule is O=P(O)(O)N=C1CC=C(O)C=C1CCCc1cccc(O)c1. The number of aromatic hydroxyl groups is 1. The number of phenolic OH excluding ortho intramolecular Hbond substituents is 1. The summed E-state index contributed by atoms with van der Waals surface area (Å²) in [6.07, 6.45) is 5.11. The van der Waals surface area contributed by atoms with Crippen LogP contribution in [0.5, 0.6) is 5.75 Å². The third-order valence-electron chi connectivity index (χ3n) is 3.27. The molecule has 0 saturated carbocycles. The Bertz CT molecular complexity index is 687. The average Bonchev–Trinajstić information content (AvgIpc) is 2.40. The molecule has 0 spiro atoms. The Labute approximate surface area is 128 Å². The molecule has 6 nitrogen and oxygen atoms in total. The van der Waals surface area contributed by atoms with Gasteiger partial charge in [0.1, 0.15) is 11.5 Å². The molecule has 1 aliphatic carbocycles. The standard InChI is InChI=1S/C15H18NO5P/c17-13-6-2-4-11(9-13)3-1-5-12-10-14(18)7-8-15(12)16-22(19,20)21/h2,4,6-7,9-10,17-18H,1,3,5,8H2,(H2,19,20,21). The highest BCUT2D eigenvalue weighted by molar-refractivity contribution is 7.50. The van der Waals surface area contributed by atoms with Gasteiger partial charge in [-0.1, -0.05) is 12.1 Å². The fourth-order valence-electron chi connectivity index (χ4n) is 2.33. The van der Waals surface area contributed by atoms with Gasteiger partial charge in [-0.3, -0.25) is 0 Å². The smallest absolute Gasteiger partial charge is 0.448 e. The molecule has 4 N–H and O–H groups in total. The Morgan fingerprint density at radius 1 is 1.18 bits per heavy atom. The molecule has 0 saturated heterocycles. The minimum atomic E-state index is -4.48. The maximum absolute atomic E-state index is 11.0. The van der Waals surface area contributed by atoms with Crippen molar-refractivity contribution < 1.29 is 24.6 Å². The van der Waals surface area contributed by atoms with E-state index in [2.05, 4.69) is 4.76 Å². The Hall–Kier alpha value is -1.88. The number of nitrogens with zero attached hydrogens (tertiary/aromatic N) is 1. The van der Waals surface area contributed by atoms with E-state index in [0.717, 1.165) is 5.56 Å². The van der Waals surface area contributed by atoms with Crippen molar-refractivity contribution >= 4 is 13.5 Å². The van der Waals surface area contributed by atoms with E-state index < -0.39 is 7.75 Å². The second-order valence-corrected chi connectivity index (χ2v) is 6.31. The van der Waals surface area contributed by atoms with Crippen LogP contribution >= 0.6 is 7.75 Å². The van der Waals surface area contributed by atoms with Crippen LogP contribution in [0, 0.1) is 0 Å². The van der Waals surface area contributed by atoms with Crippen molar-refractivity contribution in [2.24, 2.45) is 4.76 Å². The quantitative estimate of drug-likeness (QED) is 0.623. The summed E-state index contributed by atoms with van der Waals surface area (Å²) in [6, 6.07) is 6.94. The molecule has 2 rings (SSSR count). The molecule has 22 heavy (non-hydrogen) atoms. The summed E-state index contributed by atoms with van der Waals surface area (Å²) in [5, 5.41) is 19.0. The highest BCUT2D eigenvalue weighted by Crippen LogP contribution is 2.38. The lowest BCUT2D eigenvalue weighted by atomic mass is 9.95. The fourth-order valence-corrected chi connectivity index (χ4v) is 2.85. The van der Waals surface area contributed by atoms with Gasteiger partial charge in [-0.2, -0.15) is 4.76 Å². The van der Waals surface area contributed by atoms with Gasteiger partial charge in [0.15, 0.2) is 0 Å². The first-order valence-corrected chi connectivity index (χ1v) is 8.42. The molecule has 118 valence electrons. The predicted octanol–water partition coefficient (Wildman–Crippen LogP) is 3.02. The van der Waals surface area contributed by atoms with Crippen molar-refractivity contribution in [2.75, 3.05) is 0 Å². The molecule has 7 heteroatoms. The molecule has 0 aliphatic heterocycles. The van der Waals surface area contributed by atoms with E-state index in [-0.39, 0.29) is 17.9 Å². The molecule has 0 fully saturated rings. The number of phenols is 1. The summed E-state index contributed by atoms with van der Waals surface area (Å²) < 4.78 is 14.5. The number of rotatable bonds is 5. The van der Waals surface area contributed by atoms with Gasteiger partial charge in [0, 0.05) is 6.42 Å². The molecule has 0 bridgehead atoms. The number of allylic oxidation sites excluding steroid dienone is 3. The van der Waals surface area contributed by atoms with Gasteiger partial charge in [-0.25, -0.2) is 4.57 Å². The van der Waals surface area contributed by atoms with Crippen molar-refractivity contribution in [3.8, 4) is 5.75 Å². The first-order valence-electron chi connectivity index (χ1n) is 6.86. The first-order chi connectivity index (χ1) is 10.3. The minimum absolute atomic E-state index is 0.0806. The normalized spacial score (nSPS) is 17.3. The topological polar surface area (TPSA) is 110 Å². The summed E-state index contributed by atoms with van der Waals surface area (Å²) in [5.74, 6) is 0.288. The third kappa shape index (κ3) is 5.15. The Morgan fingerprint density at radius 3 is 2.64 bits per heavy atom. The van der Waals surface area contributed by atoms with Crippen LogP contribution in [0.2, 0.25) is 0 Å². The molecule has 0 radical (unpaired) electrons. The lowest BCUT2D eigenvalue weighted by Crippen LogP contribution is -2.08. The average molecular weight is 323 g/mol. The number of aryl methyl sites for hydroxylation is 1. The highest BCUT2D eigenvalue weighted by atomic mass is 31.2. The third-order valence-corrected chi connectivity index (χ3v) is 3.77. The lowest BCUT2D eigenvalue weighted by Gasteiger charge is -2.14. The van der Waals surface area contributed by atoms with Crippen molar-refractivity contribution in [1.29, 1.82) is 0 Å². The van der Waals surface area contributed by atoms with E-state index >= 15 is 0 Å². The molecule has 0 atom stereocenters. The Kier molecular flexibility index (Phi) is 5.19. The van der Waals surface area contributed by atoms with E-state index in [9.17, 15) is 14.8 Å². The minimum Gasteiger partial charge on any atom is -0.508 e. The maximum Gasteiger partial charge on any atom is 0.448 e. The van der Waals surface area contributed by atoms with E-state index in [4.69, 9.17) is 9.79 Å². The summed E-state index contributed by atoms with van der Waals surface area (Å²) in [4.78, 5) is 17.9. The van der Waals surface area contributed by atoms with Crippen LogP contribution in [0.15, 0.2) is 52.5 Å². The zero-order valence-electron chi connectivity index (χ0n) is 11.9. The van der Waals surface area contributed by atoms with Crippen LogP contribution < -0.4 is 0 Å². The van der Waals surface area contributed by atoms with E-state index in [1.807, 2.05) is 6.07 Å². The summed E-state index contributed by atoms with van der Waals surface area (Å²) in [7, 11) is -4.48. The van der Waals surface area contributed by atoms with Gasteiger partial charge in [0.05, 0.1) is 5.71 Å². The zero-order valence-corrected chi connectivity index (χ0v) is 12.8. The van der Waals surface area contributed by atoms with Crippen LogP contribution in [0.1, 0.15) is 24.8 Å². The number of aliphatic hydroxyl groups excluding tert-OH is 1.